The number of esters is 1. The highest BCUT2D eigenvalue weighted by molar-refractivity contribution is 5.76. The van der Waals surface area contributed by atoms with E-state index < -0.39 is 12.1 Å². The Hall–Kier alpha value is -1.66. The lowest BCUT2D eigenvalue weighted by atomic mass is 10.0. The molecule has 0 aliphatic carbocycles. The van der Waals surface area contributed by atoms with E-state index in [9.17, 15) is 19.8 Å². The highest BCUT2D eigenvalue weighted by Gasteiger charge is 2.20. The lowest BCUT2D eigenvalue weighted by Gasteiger charge is -2.22. The van der Waals surface area contributed by atoms with Gasteiger partial charge in [-0.25, -0.2) is 0 Å². The van der Waals surface area contributed by atoms with E-state index in [4.69, 9.17) is 4.74 Å². The second-order valence-electron chi connectivity index (χ2n) is 21.0. The summed E-state index contributed by atoms with van der Waals surface area (Å²) in [6.07, 6.45) is 70.5. The minimum Gasteiger partial charge on any atom is -0.466 e. The number of unbranched alkanes of at least 4 members (excludes halogenated alkanes) is 42. The highest BCUT2D eigenvalue weighted by Crippen LogP contribution is 2.17. The van der Waals surface area contributed by atoms with Gasteiger partial charge in [-0.05, 0) is 57.8 Å². The fourth-order valence-corrected chi connectivity index (χ4v) is 9.55. The first-order valence-electron chi connectivity index (χ1n) is 30.6. The Bertz CT molecular complexity index is 1060. The molecule has 0 aliphatic heterocycles. The molecule has 6 heteroatoms. The third-order valence-electron chi connectivity index (χ3n) is 14.3. The van der Waals surface area contributed by atoms with E-state index in [0.29, 0.717) is 25.9 Å². The van der Waals surface area contributed by atoms with Crippen molar-refractivity contribution in [3.8, 4) is 0 Å². The number of carbonyl (C=O) groups is 2. The molecule has 0 aromatic carbocycles. The van der Waals surface area contributed by atoms with Crippen LogP contribution in [0.4, 0.5) is 0 Å². The molecule has 6 nitrogen and oxygen atoms in total. The molecule has 68 heavy (non-hydrogen) atoms. The van der Waals surface area contributed by atoms with Crippen LogP contribution in [-0.4, -0.2) is 47.4 Å². The normalized spacial score (nSPS) is 12.7. The lowest BCUT2D eigenvalue weighted by molar-refractivity contribution is -0.143. The van der Waals surface area contributed by atoms with E-state index in [1.165, 1.54) is 257 Å². The minimum absolute atomic E-state index is 0.0126. The van der Waals surface area contributed by atoms with E-state index in [0.717, 1.165) is 44.9 Å². The van der Waals surface area contributed by atoms with Gasteiger partial charge in [-0.2, -0.15) is 0 Å². The maximum Gasteiger partial charge on any atom is 0.305 e. The van der Waals surface area contributed by atoms with Crippen molar-refractivity contribution in [2.45, 2.75) is 347 Å². The number of carbonyl (C=O) groups excluding carboxylic acids is 2. The molecule has 0 aliphatic rings. The number of aliphatic hydroxyl groups is 2. The Morgan fingerprint density at radius 3 is 1.12 bits per heavy atom. The average molecular weight is 959 g/mol. The van der Waals surface area contributed by atoms with Crippen LogP contribution in [0.25, 0.3) is 0 Å². The van der Waals surface area contributed by atoms with Crippen molar-refractivity contribution in [3.05, 3.63) is 24.3 Å². The molecule has 0 radical (unpaired) electrons. The first-order chi connectivity index (χ1) is 33.5. The molecule has 0 aromatic heterocycles. The van der Waals surface area contributed by atoms with E-state index in [1.807, 2.05) is 0 Å². The summed E-state index contributed by atoms with van der Waals surface area (Å²) in [5, 5.41) is 23.1. The molecule has 0 rings (SSSR count). The topological polar surface area (TPSA) is 95.9 Å². The molecule has 0 saturated heterocycles. The molecule has 0 bridgehead atoms. The van der Waals surface area contributed by atoms with Crippen molar-refractivity contribution in [2.24, 2.45) is 0 Å². The molecule has 3 N–H and O–H groups in total. The molecule has 402 valence electrons. The van der Waals surface area contributed by atoms with Crippen LogP contribution >= 0.6 is 0 Å². The van der Waals surface area contributed by atoms with Gasteiger partial charge in [-0.15, -0.1) is 0 Å². The lowest BCUT2D eigenvalue weighted by Crippen LogP contribution is -2.45. The van der Waals surface area contributed by atoms with Gasteiger partial charge < -0.3 is 20.3 Å². The highest BCUT2D eigenvalue weighted by atomic mass is 16.5. The summed E-state index contributed by atoms with van der Waals surface area (Å²) in [5.74, 6) is -0.0294. The van der Waals surface area contributed by atoms with Crippen LogP contribution < -0.4 is 5.32 Å². The van der Waals surface area contributed by atoms with Crippen molar-refractivity contribution in [1.29, 1.82) is 0 Å². The van der Waals surface area contributed by atoms with Crippen molar-refractivity contribution in [2.75, 3.05) is 13.2 Å². The van der Waals surface area contributed by atoms with Crippen LogP contribution in [0, 0.1) is 0 Å². The summed E-state index contributed by atoms with van der Waals surface area (Å²) in [4.78, 5) is 24.5. The molecule has 2 atom stereocenters. The van der Waals surface area contributed by atoms with Crippen LogP contribution in [0.5, 0.6) is 0 Å². The number of ether oxygens (including phenoxy) is 1. The largest absolute Gasteiger partial charge is 0.466 e. The number of hydrogen-bond acceptors (Lipinski definition) is 5. The summed E-state index contributed by atoms with van der Waals surface area (Å²) < 4.78 is 5.49. The number of rotatable bonds is 57. The zero-order chi connectivity index (χ0) is 49.3. The molecule has 1 amide bonds. The van der Waals surface area contributed by atoms with Gasteiger partial charge in [0, 0.05) is 12.8 Å². The van der Waals surface area contributed by atoms with Gasteiger partial charge in [0.15, 0.2) is 0 Å². The molecule has 0 saturated carbocycles. The summed E-state index contributed by atoms with van der Waals surface area (Å²) in [5.41, 5.74) is 0. The van der Waals surface area contributed by atoms with Gasteiger partial charge in [0.2, 0.25) is 5.91 Å². The van der Waals surface area contributed by atoms with Crippen LogP contribution in [0.15, 0.2) is 24.3 Å². The summed E-state index contributed by atoms with van der Waals surface area (Å²) >= 11 is 0. The maximum absolute atomic E-state index is 12.4. The summed E-state index contributed by atoms with van der Waals surface area (Å²) in [6.45, 7) is 4.95. The zero-order valence-electron chi connectivity index (χ0n) is 45.9. The second kappa shape index (κ2) is 57.9. The smallest absolute Gasteiger partial charge is 0.305 e. The number of amides is 1. The van der Waals surface area contributed by atoms with Gasteiger partial charge in [0.05, 0.1) is 25.4 Å². The third kappa shape index (κ3) is 53.7. The second-order valence-corrected chi connectivity index (χ2v) is 21.0. The zero-order valence-corrected chi connectivity index (χ0v) is 45.9. The first-order valence-corrected chi connectivity index (χ1v) is 30.6. The van der Waals surface area contributed by atoms with Gasteiger partial charge >= 0.3 is 5.97 Å². The Balaban J connectivity index is 3.39. The maximum atomic E-state index is 12.4. The number of nitrogens with one attached hydrogen (secondary N) is 1. The van der Waals surface area contributed by atoms with Gasteiger partial charge in [0.25, 0.3) is 0 Å². The van der Waals surface area contributed by atoms with Crippen molar-refractivity contribution in [1.82, 2.24) is 5.32 Å². The van der Waals surface area contributed by atoms with Gasteiger partial charge in [0.1, 0.15) is 0 Å². The Labute approximate surface area is 424 Å². The third-order valence-corrected chi connectivity index (χ3v) is 14.3. The van der Waals surface area contributed by atoms with Crippen LogP contribution in [0.1, 0.15) is 335 Å². The summed E-state index contributed by atoms with van der Waals surface area (Å²) in [7, 11) is 0. The molecule has 0 aromatic rings. The molecule has 0 fully saturated rings. The predicted octanol–water partition coefficient (Wildman–Crippen LogP) is 19.0. The van der Waals surface area contributed by atoms with Crippen LogP contribution in [-0.2, 0) is 14.3 Å². The molecule has 0 spiro atoms. The monoisotopic (exact) mass is 958 g/mol. The SMILES string of the molecule is CCCCCCCCCCCCCCCCCCC(=O)OCCCCCCCCCCC/C=C\C/C=C\CCCCCCCCCCCC(=O)NC(CO)C(O)CCCCCCCCCCCC. The van der Waals surface area contributed by atoms with Gasteiger partial charge in [-0.1, -0.05) is 289 Å². The molecule has 2 unspecified atom stereocenters. The fourth-order valence-electron chi connectivity index (χ4n) is 9.55. The van der Waals surface area contributed by atoms with E-state index in [-0.39, 0.29) is 18.5 Å². The minimum atomic E-state index is -0.666. The summed E-state index contributed by atoms with van der Waals surface area (Å²) in [6, 6.07) is -0.544. The fraction of sp³-hybridized carbons (Fsp3) is 0.903. The number of aliphatic hydroxyl groups excluding tert-OH is 2. The van der Waals surface area contributed by atoms with Crippen LogP contribution in [0.3, 0.4) is 0 Å². The van der Waals surface area contributed by atoms with Crippen molar-refractivity contribution in [3.63, 3.8) is 0 Å². The Kier molecular flexibility index (Phi) is 56.5. The van der Waals surface area contributed by atoms with Crippen LogP contribution in [0.2, 0.25) is 0 Å². The number of hydrogen-bond donors (Lipinski definition) is 3. The van der Waals surface area contributed by atoms with E-state index in [2.05, 4.69) is 43.5 Å². The van der Waals surface area contributed by atoms with E-state index in [1.54, 1.807) is 0 Å². The van der Waals surface area contributed by atoms with Gasteiger partial charge in [-0.3, -0.25) is 9.59 Å². The Morgan fingerprint density at radius 2 is 0.735 bits per heavy atom. The molecule has 0 heterocycles. The molecular formula is C62H119NO5. The average Bonchev–Trinajstić information content (AvgIpc) is 3.34. The van der Waals surface area contributed by atoms with Crippen molar-refractivity contribution >= 4 is 11.9 Å². The Morgan fingerprint density at radius 1 is 0.412 bits per heavy atom. The first kappa shape index (κ1) is 66.3. The number of allylic oxidation sites excluding steroid dienone is 4. The quantitative estimate of drug-likeness (QED) is 0.0321. The van der Waals surface area contributed by atoms with Crippen molar-refractivity contribution < 1.29 is 24.5 Å². The predicted molar refractivity (Wildman–Crippen MR) is 296 cm³/mol. The van der Waals surface area contributed by atoms with E-state index >= 15 is 0 Å². The molecular weight excluding hydrogens is 839 g/mol. The standard InChI is InChI=1S/C62H119NO5/c1-3-5-7-9-11-13-15-16-17-30-33-36-40-44-48-52-56-62(67)68-57-53-49-45-41-37-34-31-28-26-24-22-20-18-19-21-23-25-27-29-32-35-39-43-47-51-55-61(66)63-59(58-64)60(65)54-50-46-42-38-14-12-10-8-6-4-2/h19-22,59-60,64-65H,3-18,23-58H2,1-2H3,(H,63,66)/b21-19-,22-20-.